The molecule has 0 spiro atoms. The number of aromatic nitrogens is 1. The highest BCUT2D eigenvalue weighted by Crippen LogP contribution is 2.23. The number of nitrogens with one attached hydrogen (secondary N) is 1. The quantitative estimate of drug-likeness (QED) is 0.354. The van der Waals surface area contributed by atoms with Gasteiger partial charge in [0.05, 0.1) is 6.61 Å². The second-order valence-electron chi connectivity index (χ2n) is 4.63. The van der Waals surface area contributed by atoms with Gasteiger partial charge >= 0.3 is 0 Å². The van der Waals surface area contributed by atoms with Crippen molar-refractivity contribution in [1.82, 2.24) is 10.6 Å². The molecule has 0 saturated heterocycles. The number of amides is 1. The van der Waals surface area contributed by atoms with Gasteiger partial charge in [0.15, 0.2) is 11.5 Å². The lowest BCUT2D eigenvalue weighted by Crippen LogP contribution is -2.30. The third-order valence-electron chi connectivity index (χ3n) is 3.03. The van der Waals surface area contributed by atoms with Crippen molar-refractivity contribution in [3.63, 3.8) is 0 Å². The summed E-state index contributed by atoms with van der Waals surface area (Å²) in [6.45, 7) is 2.88. The molecule has 3 N–H and O–H groups in total. The molecule has 1 heterocycles. The molecule has 0 aliphatic heterocycles. The van der Waals surface area contributed by atoms with E-state index in [2.05, 4.69) is 12.1 Å². The van der Waals surface area contributed by atoms with E-state index in [0.717, 1.165) is 24.3 Å². The molecule has 0 radical (unpaired) electrons. The molecular formula is C15H19N3O3. The monoisotopic (exact) mass is 289 g/mol. The Bertz CT molecular complexity index is 578. The van der Waals surface area contributed by atoms with Crippen molar-refractivity contribution in [2.24, 2.45) is 5.84 Å². The van der Waals surface area contributed by atoms with Crippen LogP contribution in [0, 0.1) is 0 Å². The zero-order valence-corrected chi connectivity index (χ0v) is 12.0. The van der Waals surface area contributed by atoms with E-state index >= 15 is 0 Å². The van der Waals surface area contributed by atoms with Crippen molar-refractivity contribution in [2.75, 3.05) is 6.61 Å². The van der Waals surface area contributed by atoms with E-state index in [0.29, 0.717) is 5.76 Å². The fourth-order valence-corrected chi connectivity index (χ4v) is 1.85. The second kappa shape index (κ2) is 7.44. The van der Waals surface area contributed by atoms with Gasteiger partial charge in [-0.05, 0) is 30.7 Å². The number of unbranched alkanes of at least 4 members (excludes halogenated alkanes) is 2. The van der Waals surface area contributed by atoms with E-state index < -0.39 is 5.91 Å². The minimum Gasteiger partial charge on any atom is -0.494 e. The number of carbonyl (C=O) groups is 1. The minimum absolute atomic E-state index is 0.146. The van der Waals surface area contributed by atoms with Crippen LogP contribution in [-0.4, -0.2) is 17.7 Å². The summed E-state index contributed by atoms with van der Waals surface area (Å²) < 4.78 is 10.8. The predicted molar refractivity (Wildman–Crippen MR) is 78.6 cm³/mol. The Labute approximate surface area is 123 Å². The molecule has 112 valence electrons. The summed E-state index contributed by atoms with van der Waals surface area (Å²) in [5.41, 5.74) is 2.97. The van der Waals surface area contributed by atoms with Crippen LogP contribution in [0.3, 0.4) is 0 Å². The van der Waals surface area contributed by atoms with Crippen LogP contribution in [0.1, 0.15) is 36.7 Å². The smallest absolute Gasteiger partial charge is 0.287 e. The molecule has 21 heavy (non-hydrogen) atoms. The Morgan fingerprint density at radius 2 is 2.10 bits per heavy atom. The Hall–Kier alpha value is -2.34. The molecule has 0 bridgehead atoms. The van der Waals surface area contributed by atoms with Crippen molar-refractivity contribution < 1.29 is 14.1 Å². The van der Waals surface area contributed by atoms with Crippen molar-refractivity contribution in [3.05, 3.63) is 36.0 Å². The largest absolute Gasteiger partial charge is 0.494 e. The fraction of sp³-hybridized carbons (Fsp3) is 0.333. The first-order chi connectivity index (χ1) is 10.2. The minimum atomic E-state index is -0.485. The highest BCUT2D eigenvalue weighted by atomic mass is 16.5. The summed E-state index contributed by atoms with van der Waals surface area (Å²) in [7, 11) is 0. The van der Waals surface area contributed by atoms with Crippen molar-refractivity contribution >= 4 is 5.91 Å². The van der Waals surface area contributed by atoms with E-state index in [9.17, 15) is 4.79 Å². The van der Waals surface area contributed by atoms with Crippen LogP contribution in [0.25, 0.3) is 11.3 Å². The number of benzene rings is 1. The number of ether oxygens (including phenoxy) is 1. The van der Waals surface area contributed by atoms with Crippen molar-refractivity contribution in [3.8, 4) is 17.1 Å². The predicted octanol–water partition coefficient (Wildman–Crippen LogP) is 2.51. The van der Waals surface area contributed by atoms with Gasteiger partial charge in [-0.25, -0.2) is 5.84 Å². The Balaban J connectivity index is 1.98. The molecule has 0 aliphatic carbocycles. The van der Waals surface area contributed by atoms with Crippen LogP contribution >= 0.6 is 0 Å². The average Bonchev–Trinajstić information content (AvgIpc) is 3.01. The van der Waals surface area contributed by atoms with Gasteiger partial charge in [0.25, 0.3) is 5.91 Å². The first-order valence-electron chi connectivity index (χ1n) is 6.95. The number of nitrogen functional groups attached to an aromatic ring is 1. The van der Waals surface area contributed by atoms with E-state index in [1.807, 2.05) is 29.7 Å². The lowest BCUT2D eigenvalue weighted by Gasteiger charge is -2.05. The highest BCUT2D eigenvalue weighted by Gasteiger charge is 2.12. The van der Waals surface area contributed by atoms with Crippen LogP contribution < -0.4 is 16.0 Å². The van der Waals surface area contributed by atoms with Crippen molar-refractivity contribution in [2.45, 2.75) is 26.2 Å². The van der Waals surface area contributed by atoms with Gasteiger partial charge in [0.2, 0.25) is 0 Å². The summed E-state index contributed by atoms with van der Waals surface area (Å²) in [5, 5.41) is 3.66. The zero-order chi connectivity index (χ0) is 15.1. The summed E-state index contributed by atoms with van der Waals surface area (Å²) in [4.78, 5) is 11.3. The molecule has 0 atom stereocenters. The first-order valence-corrected chi connectivity index (χ1v) is 6.95. The second-order valence-corrected chi connectivity index (χ2v) is 4.63. The summed E-state index contributed by atoms with van der Waals surface area (Å²) >= 11 is 0. The van der Waals surface area contributed by atoms with Crippen molar-refractivity contribution in [1.29, 1.82) is 0 Å². The van der Waals surface area contributed by atoms with E-state index in [4.69, 9.17) is 15.1 Å². The molecular weight excluding hydrogens is 270 g/mol. The maximum atomic E-state index is 11.3. The third kappa shape index (κ3) is 4.06. The molecule has 6 heteroatoms. The number of nitrogens with zero attached hydrogens (tertiary/aromatic N) is 1. The number of rotatable bonds is 7. The van der Waals surface area contributed by atoms with Crippen LogP contribution in [0.15, 0.2) is 34.9 Å². The Morgan fingerprint density at radius 1 is 1.33 bits per heavy atom. The molecule has 1 aromatic carbocycles. The fourth-order valence-electron chi connectivity index (χ4n) is 1.85. The molecule has 2 aromatic rings. The number of nitrogens with two attached hydrogens (primary N) is 1. The molecule has 0 unspecified atom stereocenters. The molecule has 0 aliphatic rings. The van der Waals surface area contributed by atoms with Gasteiger partial charge < -0.3 is 9.26 Å². The maximum absolute atomic E-state index is 11.3. The number of hydrogen-bond acceptors (Lipinski definition) is 5. The Kier molecular flexibility index (Phi) is 5.34. The number of hydrazine groups is 1. The van der Waals surface area contributed by atoms with Gasteiger partial charge in [0.1, 0.15) is 5.75 Å². The molecule has 6 nitrogen and oxygen atoms in total. The lowest BCUT2D eigenvalue weighted by atomic mass is 10.1. The average molecular weight is 289 g/mol. The highest BCUT2D eigenvalue weighted by molar-refractivity contribution is 5.92. The zero-order valence-electron chi connectivity index (χ0n) is 12.0. The van der Waals surface area contributed by atoms with Gasteiger partial charge in [-0.2, -0.15) is 0 Å². The van der Waals surface area contributed by atoms with Crippen LogP contribution in [0.4, 0.5) is 0 Å². The molecule has 0 saturated carbocycles. The van der Waals surface area contributed by atoms with E-state index in [1.165, 1.54) is 12.8 Å². The van der Waals surface area contributed by atoms with Gasteiger partial charge in [-0.15, -0.1) is 0 Å². The molecule has 1 amide bonds. The summed E-state index contributed by atoms with van der Waals surface area (Å²) in [6, 6.07) is 9.00. The lowest BCUT2D eigenvalue weighted by molar-refractivity contribution is 0.0944. The van der Waals surface area contributed by atoms with E-state index in [1.54, 1.807) is 6.07 Å². The topological polar surface area (TPSA) is 90.4 Å². The SMILES string of the molecule is CCCCCOc1ccc(-c2cc(C(=O)NN)no2)cc1. The van der Waals surface area contributed by atoms with Crippen LogP contribution in [0.2, 0.25) is 0 Å². The van der Waals surface area contributed by atoms with Gasteiger partial charge in [-0.3, -0.25) is 10.2 Å². The summed E-state index contributed by atoms with van der Waals surface area (Å²) in [6.07, 6.45) is 3.40. The number of carbonyl (C=O) groups excluding carboxylic acids is 1. The standard InChI is InChI=1S/C15H19N3O3/c1-2-3-4-9-20-12-7-5-11(6-8-12)14-10-13(18-21-14)15(19)17-16/h5-8,10H,2-4,9,16H2,1H3,(H,17,19). The normalized spacial score (nSPS) is 10.4. The van der Waals surface area contributed by atoms with Gasteiger partial charge in [0, 0.05) is 11.6 Å². The van der Waals surface area contributed by atoms with Gasteiger partial charge in [-0.1, -0.05) is 24.9 Å². The van der Waals surface area contributed by atoms with Crippen LogP contribution in [0.5, 0.6) is 5.75 Å². The Morgan fingerprint density at radius 3 is 2.76 bits per heavy atom. The third-order valence-corrected chi connectivity index (χ3v) is 3.03. The molecule has 0 fully saturated rings. The maximum Gasteiger partial charge on any atom is 0.287 e. The molecule has 1 aromatic heterocycles. The summed E-state index contributed by atoms with van der Waals surface area (Å²) in [5.74, 6) is 5.88. The van der Waals surface area contributed by atoms with Crippen LogP contribution in [-0.2, 0) is 0 Å². The molecule has 2 rings (SSSR count). The van der Waals surface area contributed by atoms with E-state index in [-0.39, 0.29) is 5.69 Å². The first kappa shape index (κ1) is 15.1. The number of hydrogen-bond donors (Lipinski definition) is 2.